The first kappa shape index (κ1) is 15.0. The van der Waals surface area contributed by atoms with E-state index in [9.17, 15) is 8.42 Å². The van der Waals surface area contributed by atoms with Crippen LogP contribution in [0.1, 0.15) is 24.0 Å². The molecule has 3 nitrogen and oxygen atoms in total. The van der Waals surface area contributed by atoms with Gasteiger partial charge in [-0.15, -0.1) is 0 Å². The summed E-state index contributed by atoms with van der Waals surface area (Å²) in [6, 6.07) is 6.31. The fourth-order valence-corrected chi connectivity index (χ4v) is 4.22. The summed E-state index contributed by atoms with van der Waals surface area (Å²) in [5, 5.41) is -0.203. The van der Waals surface area contributed by atoms with Gasteiger partial charge in [-0.2, -0.15) is 0 Å². The van der Waals surface area contributed by atoms with Gasteiger partial charge in [-0.05, 0) is 43.5 Å². The van der Waals surface area contributed by atoms with Crippen LogP contribution in [-0.2, 0) is 16.4 Å². The highest BCUT2D eigenvalue weighted by Crippen LogP contribution is 2.23. The van der Waals surface area contributed by atoms with Crippen LogP contribution in [0.5, 0.6) is 0 Å². The molecule has 0 aromatic heterocycles. The topological polar surface area (TPSA) is 37.4 Å². The Kier molecular flexibility index (Phi) is 4.69. The second kappa shape index (κ2) is 5.94. The molecule has 0 saturated carbocycles. The molecule has 2 rings (SSSR count). The predicted octanol–water partition coefficient (Wildman–Crippen LogP) is 2.77. The minimum Gasteiger partial charge on any atom is -0.298 e. The zero-order valence-corrected chi connectivity index (χ0v) is 13.8. The number of rotatable bonds is 3. The van der Waals surface area contributed by atoms with Gasteiger partial charge in [0.25, 0.3) is 0 Å². The Bertz CT molecular complexity index is 557. The summed E-state index contributed by atoms with van der Waals surface area (Å²) in [6.45, 7) is 4.51. The first-order valence-electron chi connectivity index (χ1n) is 6.52. The van der Waals surface area contributed by atoms with Gasteiger partial charge in [0.05, 0.1) is 5.25 Å². The van der Waals surface area contributed by atoms with Gasteiger partial charge in [-0.3, -0.25) is 4.90 Å². The first-order valence-corrected chi connectivity index (χ1v) is 9.27. The maximum atomic E-state index is 11.7. The van der Waals surface area contributed by atoms with Crippen molar-refractivity contribution in [3.8, 4) is 0 Å². The number of hydrogen-bond acceptors (Lipinski definition) is 3. The number of aryl methyl sites for hydroxylation is 1. The summed E-state index contributed by atoms with van der Waals surface area (Å²) in [6.07, 6.45) is 3.11. The van der Waals surface area contributed by atoms with E-state index in [1.807, 2.05) is 0 Å². The molecule has 1 unspecified atom stereocenters. The lowest BCUT2D eigenvalue weighted by Gasteiger charge is -2.32. The highest BCUT2D eigenvalue weighted by molar-refractivity contribution is 9.10. The number of halogens is 1. The van der Waals surface area contributed by atoms with Crippen LogP contribution in [0, 0.1) is 6.92 Å². The van der Waals surface area contributed by atoms with Crippen molar-refractivity contribution in [1.82, 2.24) is 4.90 Å². The van der Waals surface area contributed by atoms with Crippen LogP contribution < -0.4 is 0 Å². The number of sulfone groups is 1. The van der Waals surface area contributed by atoms with E-state index in [-0.39, 0.29) is 5.25 Å². The van der Waals surface area contributed by atoms with E-state index < -0.39 is 9.84 Å². The van der Waals surface area contributed by atoms with Gasteiger partial charge in [-0.1, -0.05) is 28.1 Å². The second-order valence-electron chi connectivity index (χ2n) is 5.42. The van der Waals surface area contributed by atoms with Crippen LogP contribution in [0.2, 0.25) is 0 Å². The maximum Gasteiger partial charge on any atom is 0.151 e. The van der Waals surface area contributed by atoms with Crippen LogP contribution in [0.25, 0.3) is 0 Å². The van der Waals surface area contributed by atoms with Crippen molar-refractivity contribution >= 4 is 25.8 Å². The summed E-state index contributed by atoms with van der Waals surface area (Å²) in [7, 11) is -2.92. The van der Waals surface area contributed by atoms with E-state index in [4.69, 9.17) is 0 Å². The number of piperidine rings is 1. The summed E-state index contributed by atoms with van der Waals surface area (Å²) in [4.78, 5) is 2.24. The molecule has 5 heteroatoms. The minimum absolute atomic E-state index is 0.203. The lowest BCUT2D eigenvalue weighted by molar-refractivity contribution is 0.222. The number of likely N-dealkylation sites (tertiary alicyclic amines) is 1. The molecule has 0 radical (unpaired) electrons. The molecule has 1 saturated heterocycles. The predicted molar refractivity (Wildman–Crippen MR) is 82.0 cm³/mol. The Labute approximate surface area is 124 Å². The van der Waals surface area contributed by atoms with Gasteiger partial charge in [0, 0.05) is 23.8 Å². The molecule has 1 aromatic carbocycles. The third-order valence-electron chi connectivity index (χ3n) is 3.67. The van der Waals surface area contributed by atoms with Crippen LogP contribution in [0.3, 0.4) is 0 Å². The van der Waals surface area contributed by atoms with Crippen molar-refractivity contribution in [1.29, 1.82) is 0 Å². The minimum atomic E-state index is -2.92. The number of nitrogens with zero attached hydrogens (tertiary/aromatic N) is 1. The van der Waals surface area contributed by atoms with E-state index in [1.165, 1.54) is 17.4 Å². The zero-order chi connectivity index (χ0) is 14.0. The second-order valence-corrected chi connectivity index (χ2v) is 8.60. The molecule has 0 amide bonds. The largest absolute Gasteiger partial charge is 0.298 e. The molecule has 1 aliphatic heterocycles. The molecule has 0 spiro atoms. The Morgan fingerprint density at radius 3 is 2.79 bits per heavy atom. The fraction of sp³-hybridized carbons (Fsp3) is 0.571. The maximum absolute atomic E-state index is 11.7. The summed E-state index contributed by atoms with van der Waals surface area (Å²) < 4.78 is 24.4. The van der Waals surface area contributed by atoms with Gasteiger partial charge in [-0.25, -0.2) is 8.42 Å². The molecular weight excluding hydrogens is 326 g/mol. The third kappa shape index (κ3) is 4.04. The zero-order valence-electron chi connectivity index (χ0n) is 11.4. The van der Waals surface area contributed by atoms with Gasteiger partial charge < -0.3 is 0 Å². The van der Waals surface area contributed by atoms with Gasteiger partial charge in [0.15, 0.2) is 9.84 Å². The van der Waals surface area contributed by atoms with Gasteiger partial charge in [0.1, 0.15) is 0 Å². The lowest BCUT2D eigenvalue weighted by atomic mass is 10.1. The molecule has 1 heterocycles. The van der Waals surface area contributed by atoms with Crippen molar-refractivity contribution in [3.63, 3.8) is 0 Å². The Morgan fingerprint density at radius 2 is 2.16 bits per heavy atom. The summed E-state index contributed by atoms with van der Waals surface area (Å²) in [5.41, 5.74) is 2.45. The molecule has 1 fully saturated rings. The van der Waals surface area contributed by atoms with Gasteiger partial charge >= 0.3 is 0 Å². The van der Waals surface area contributed by atoms with Crippen LogP contribution in [-0.4, -0.2) is 37.9 Å². The molecule has 1 atom stereocenters. The summed E-state index contributed by atoms with van der Waals surface area (Å²) in [5.74, 6) is 0. The van der Waals surface area contributed by atoms with Gasteiger partial charge in [0.2, 0.25) is 0 Å². The number of benzene rings is 1. The van der Waals surface area contributed by atoms with Crippen molar-refractivity contribution in [2.24, 2.45) is 0 Å². The highest BCUT2D eigenvalue weighted by Gasteiger charge is 2.27. The monoisotopic (exact) mass is 345 g/mol. The standard InChI is InChI=1S/C14H20BrNO2S/c1-11-5-6-12(14(15)8-11)9-16-7-3-4-13(10-16)19(2,17)18/h5-6,8,13H,3-4,7,9-10H2,1-2H3. The van der Waals surface area contributed by atoms with Crippen molar-refractivity contribution in [2.45, 2.75) is 31.6 Å². The van der Waals surface area contributed by atoms with Crippen LogP contribution >= 0.6 is 15.9 Å². The van der Waals surface area contributed by atoms with E-state index in [1.54, 1.807) is 0 Å². The van der Waals surface area contributed by atoms with E-state index in [0.29, 0.717) is 6.54 Å². The average molecular weight is 346 g/mol. The van der Waals surface area contributed by atoms with Crippen molar-refractivity contribution in [3.05, 3.63) is 33.8 Å². The van der Waals surface area contributed by atoms with E-state index in [2.05, 4.69) is 46.0 Å². The molecule has 0 bridgehead atoms. The molecule has 0 N–H and O–H groups in total. The smallest absolute Gasteiger partial charge is 0.151 e. The Morgan fingerprint density at radius 1 is 1.42 bits per heavy atom. The molecule has 106 valence electrons. The van der Waals surface area contributed by atoms with Crippen molar-refractivity contribution in [2.75, 3.05) is 19.3 Å². The highest BCUT2D eigenvalue weighted by atomic mass is 79.9. The third-order valence-corrected chi connectivity index (χ3v) is 6.00. The quantitative estimate of drug-likeness (QED) is 0.845. The van der Waals surface area contributed by atoms with Crippen LogP contribution in [0.4, 0.5) is 0 Å². The number of hydrogen-bond donors (Lipinski definition) is 0. The molecule has 0 aliphatic carbocycles. The molecule has 1 aliphatic rings. The lowest BCUT2D eigenvalue weighted by Crippen LogP contribution is -2.41. The Balaban J connectivity index is 2.07. The normalized spacial score (nSPS) is 21.5. The molecular formula is C14H20BrNO2S. The Hall–Kier alpha value is -0.390. The first-order chi connectivity index (χ1) is 8.86. The van der Waals surface area contributed by atoms with Crippen LogP contribution in [0.15, 0.2) is 22.7 Å². The SMILES string of the molecule is Cc1ccc(CN2CCCC(S(C)(=O)=O)C2)c(Br)c1. The molecule has 19 heavy (non-hydrogen) atoms. The van der Waals surface area contributed by atoms with E-state index in [0.717, 1.165) is 30.4 Å². The van der Waals surface area contributed by atoms with E-state index >= 15 is 0 Å². The molecule has 1 aromatic rings. The van der Waals surface area contributed by atoms with Crippen molar-refractivity contribution < 1.29 is 8.42 Å². The fourth-order valence-electron chi connectivity index (χ4n) is 2.53. The summed E-state index contributed by atoms with van der Waals surface area (Å²) >= 11 is 3.58. The average Bonchev–Trinajstić information content (AvgIpc) is 2.32.